The van der Waals surface area contributed by atoms with E-state index in [0.29, 0.717) is 32.1 Å². The van der Waals surface area contributed by atoms with Crippen molar-refractivity contribution in [1.82, 2.24) is 10.6 Å². The van der Waals surface area contributed by atoms with Crippen LogP contribution in [0.5, 0.6) is 0 Å². The van der Waals surface area contributed by atoms with Crippen LogP contribution in [0.1, 0.15) is 97.8 Å². The lowest BCUT2D eigenvalue weighted by molar-refractivity contribution is -0.265. The molecule has 0 spiro atoms. The van der Waals surface area contributed by atoms with Crippen molar-refractivity contribution >= 4 is 17.6 Å². The number of ether oxygens (including phenoxy) is 2. The molecule has 1 saturated heterocycles. The Labute approximate surface area is 227 Å². The van der Waals surface area contributed by atoms with E-state index in [0.717, 1.165) is 38.5 Å². The van der Waals surface area contributed by atoms with Gasteiger partial charge in [-0.15, -0.1) is 0 Å². The van der Waals surface area contributed by atoms with Crippen molar-refractivity contribution in [2.24, 2.45) is 5.73 Å². The summed E-state index contributed by atoms with van der Waals surface area (Å²) in [6.07, 6.45) is 4.43. The standard InChI is InChI=1S/C27H51N3O8/c1-4-6-9-13-19(18(3)32)30-26(36)20(14-10-7-5-2)29-22(33)15-11-8-12-16-37-27-23(28)25(35)24(34)21(17-31)38-27/h19-21,23-25,27,31,34-35H,4-17,28H2,1-3H3,(H,29,33)(H,30,36)/t19?,20?,21?,23-,24-,25?,27+/m0/s1. The van der Waals surface area contributed by atoms with Crippen LogP contribution in [-0.2, 0) is 23.9 Å². The third-order valence-corrected chi connectivity index (χ3v) is 6.91. The first-order valence-electron chi connectivity index (χ1n) is 14.3. The number of amides is 2. The average Bonchev–Trinajstić information content (AvgIpc) is 2.89. The summed E-state index contributed by atoms with van der Waals surface area (Å²) in [6.45, 7) is 5.44. The van der Waals surface area contributed by atoms with Gasteiger partial charge in [-0.2, -0.15) is 0 Å². The Morgan fingerprint density at radius 3 is 2.11 bits per heavy atom. The highest BCUT2D eigenvalue weighted by atomic mass is 16.7. The van der Waals surface area contributed by atoms with Gasteiger partial charge < -0.3 is 41.2 Å². The van der Waals surface area contributed by atoms with Crippen LogP contribution in [0, 0.1) is 0 Å². The Morgan fingerprint density at radius 2 is 1.53 bits per heavy atom. The van der Waals surface area contributed by atoms with Crippen molar-refractivity contribution in [3.05, 3.63) is 0 Å². The molecular formula is C27H51N3O8. The summed E-state index contributed by atoms with van der Waals surface area (Å²) in [5, 5.41) is 34.8. The number of nitrogens with two attached hydrogens (primary N) is 1. The summed E-state index contributed by atoms with van der Waals surface area (Å²) in [7, 11) is 0. The summed E-state index contributed by atoms with van der Waals surface area (Å²) in [4.78, 5) is 37.5. The first-order valence-corrected chi connectivity index (χ1v) is 14.3. The van der Waals surface area contributed by atoms with E-state index < -0.39 is 49.3 Å². The topological polar surface area (TPSA) is 180 Å². The van der Waals surface area contributed by atoms with E-state index in [-0.39, 0.29) is 30.6 Å². The first-order chi connectivity index (χ1) is 18.2. The van der Waals surface area contributed by atoms with Gasteiger partial charge in [0, 0.05) is 13.0 Å². The Hall–Kier alpha value is -1.63. The molecule has 4 unspecified atom stereocenters. The van der Waals surface area contributed by atoms with Crippen LogP contribution in [0.2, 0.25) is 0 Å². The molecule has 38 heavy (non-hydrogen) atoms. The Bertz CT molecular complexity index is 693. The molecule has 0 aromatic heterocycles. The fraction of sp³-hybridized carbons (Fsp3) is 0.889. The number of unbranched alkanes of at least 4 members (excludes halogenated alkanes) is 6. The zero-order valence-electron chi connectivity index (χ0n) is 23.4. The first kappa shape index (κ1) is 34.4. The minimum Gasteiger partial charge on any atom is -0.394 e. The van der Waals surface area contributed by atoms with Crippen molar-refractivity contribution < 1.29 is 39.2 Å². The van der Waals surface area contributed by atoms with E-state index in [1.807, 2.05) is 0 Å². The lowest BCUT2D eigenvalue weighted by Gasteiger charge is -2.40. The van der Waals surface area contributed by atoms with Crippen LogP contribution in [-0.4, -0.2) is 88.9 Å². The Kier molecular flexibility index (Phi) is 17.6. The van der Waals surface area contributed by atoms with Crippen LogP contribution >= 0.6 is 0 Å². The smallest absolute Gasteiger partial charge is 0.243 e. The number of Topliss-reactive ketones (excluding diaryl/α,β-unsaturated/α-hetero) is 1. The highest BCUT2D eigenvalue weighted by Crippen LogP contribution is 2.21. The fourth-order valence-electron chi connectivity index (χ4n) is 4.40. The molecular weight excluding hydrogens is 494 g/mol. The second kappa shape index (κ2) is 19.4. The molecule has 1 aliphatic rings. The third kappa shape index (κ3) is 12.5. The molecule has 1 aliphatic heterocycles. The second-order valence-electron chi connectivity index (χ2n) is 10.2. The molecule has 2 amide bonds. The monoisotopic (exact) mass is 545 g/mol. The van der Waals surface area contributed by atoms with E-state index in [1.165, 1.54) is 6.92 Å². The molecule has 7 N–H and O–H groups in total. The SMILES string of the molecule is CCCCCC(NC(=O)C(CCCCC)NC(=O)CCCCCO[C@@H]1OC(CO)[C@H](O)C(O)[C@@H]1N)C(C)=O. The Morgan fingerprint density at radius 1 is 0.895 bits per heavy atom. The third-order valence-electron chi connectivity index (χ3n) is 6.91. The predicted octanol–water partition coefficient (Wildman–Crippen LogP) is 1.05. The number of aliphatic hydroxyl groups excluding tert-OH is 3. The predicted molar refractivity (Wildman–Crippen MR) is 143 cm³/mol. The van der Waals surface area contributed by atoms with Crippen LogP contribution in [0.3, 0.4) is 0 Å². The zero-order valence-corrected chi connectivity index (χ0v) is 23.4. The van der Waals surface area contributed by atoms with Gasteiger partial charge in [0.25, 0.3) is 0 Å². The molecule has 1 fully saturated rings. The lowest BCUT2D eigenvalue weighted by Crippen LogP contribution is -2.62. The average molecular weight is 546 g/mol. The van der Waals surface area contributed by atoms with Crippen LogP contribution in [0.4, 0.5) is 0 Å². The highest BCUT2D eigenvalue weighted by molar-refractivity contribution is 5.91. The number of rotatable bonds is 20. The quantitative estimate of drug-likeness (QED) is 0.122. The molecule has 0 aromatic carbocycles. The van der Waals surface area contributed by atoms with Crippen molar-refractivity contribution in [2.75, 3.05) is 13.2 Å². The van der Waals surface area contributed by atoms with E-state index in [4.69, 9.17) is 15.2 Å². The van der Waals surface area contributed by atoms with Gasteiger partial charge in [0.1, 0.15) is 24.4 Å². The molecule has 11 nitrogen and oxygen atoms in total. The molecule has 1 rings (SSSR count). The molecule has 11 heteroatoms. The fourth-order valence-corrected chi connectivity index (χ4v) is 4.40. The minimum absolute atomic E-state index is 0.0764. The van der Waals surface area contributed by atoms with Gasteiger partial charge in [-0.1, -0.05) is 58.8 Å². The zero-order chi connectivity index (χ0) is 28.5. The van der Waals surface area contributed by atoms with Crippen LogP contribution in [0.15, 0.2) is 0 Å². The maximum atomic E-state index is 12.9. The number of carbonyl (C=O) groups excluding carboxylic acids is 3. The molecule has 0 bridgehead atoms. The second-order valence-corrected chi connectivity index (χ2v) is 10.2. The summed E-state index contributed by atoms with van der Waals surface area (Å²) in [5.74, 6) is -0.599. The molecule has 7 atom stereocenters. The van der Waals surface area contributed by atoms with Gasteiger partial charge in [-0.25, -0.2) is 0 Å². The largest absolute Gasteiger partial charge is 0.394 e. The number of aliphatic hydroxyl groups is 3. The molecule has 1 heterocycles. The Balaban J connectivity index is 2.45. The number of hydrogen-bond donors (Lipinski definition) is 6. The maximum absolute atomic E-state index is 12.9. The van der Waals surface area contributed by atoms with E-state index in [1.54, 1.807) is 0 Å². The highest BCUT2D eigenvalue weighted by Gasteiger charge is 2.42. The van der Waals surface area contributed by atoms with E-state index in [9.17, 15) is 29.7 Å². The normalized spacial score (nSPS) is 25.0. The van der Waals surface area contributed by atoms with E-state index >= 15 is 0 Å². The van der Waals surface area contributed by atoms with E-state index in [2.05, 4.69) is 24.5 Å². The van der Waals surface area contributed by atoms with Crippen molar-refractivity contribution in [3.8, 4) is 0 Å². The summed E-state index contributed by atoms with van der Waals surface area (Å²) in [5.41, 5.74) is 5.86. The number of ketones is 1. The summed E-state index contributed by atoms with van der Waals surface area (Å²) >= 11 is 0. The molecule has 222 valence electrons. The molecule has 0 aliphatic carbocycles. The van der Waals surface area contributed by atoms with Gasteiger partial charge in [0.05, 0.1) is 18.7 Å². The van der Waals surface area contributed by atoms with Crippen molar-refractivity contribution in [3.63, 3.8) is 0 Å². The number of carbonyl (C=O) groups is 3. The minimum atomic E-state index is -1.28. The maximum Gasteiger partial charge on any atom is 0.243 e. The molecule has 0 radical (unpaired) electrons. The lowest BCUT2D eigenvalue weighted by atomic mass is 9.98. The molecule has 0 aromatic rings. The number of nitrogens with one attached hydrogen (secondary N) is 2. The van der Waals surface area contributed by atoms with Crippen LogP contribution < -0.4 is 16.4 Å². The van der Waals surface area contributed by atoms with Gasteiger partial charge in [0.2, 0.25) is 11.8 Å². The van der Waals surface area contributed by atoms with Gasteiger partial charge in [0.15, 0.2) is 12.1 Å². The molecule has 0 saturated carbocycles. The van der Waals surface area contributed by atoms with Crippen LogP contribution in [0.25, 0.3) is 0 Å². The number of hydrogen-bond acceptors (Lipinski definition) is 9. The van der Waals surface area contributed by atoms with Gasteiger partial charge in [-0.3, -0.25) is 14.4 Å². The summed E-state index contributed by atoms with van der Waals surface area (Å²) < 4.78 is 11.0. The van der Waals surface area contributed by atoms with Crippen molar-refractivity contribution in [2.45, 2.75) is 141 Å². The van der Waals surface area contributed by atoms with Gasteiger partial charge in [-0.05, 0) is 32.6 Å². The van der Waals surface area contributed by atoms with Gasteiger partial charge >= 0.3 is 0 Å². The summed E-state index contributed by atoms with van der Waals surface area (Å²) in [6, 6.07) is -2.14. The van der Waals surface area contributed by atoms with Crippen molar-refractivity contribution in [1.29, 1.82) is 0 Å².